The second-order valence-electron chi connectivity index (χ2n) is 10.4. The summed E-state index contributed by atoms with van der Waals surface area (Å²) in [5, 5.41) is 0. The molecule has 1 aliphatic carbocycles. The van der Waals surface area contributed by atoms with Gasteiger partial charge in [0.15, 0.2) is 5.69 Å². The third kappa shape index (κ3) is 5.54. The molecule has 0 bridgehead atoms. The number of carbonyl (C=O) groups excluding carboxylic acids is 1. The van der Waals surface area contributed by atoms with Gasteiger partial charge in [0, 0.05) is 58.2 Å². The van der Waals surface area contributed by atoms with Gasteiger partial charge in [0.25, 0.3) is 5.91 Å². The molecule has 1 saturated heterocycles. The molecule has 1 aromatic heterocycles. The predicted octanol–water partition coefficient (Wildman–Crippen LogP) is 3.45. The van der Waals surface area contributed by atoms with Crippen molar-refractivity contribution in [2.24, 2.45) is 0 Å². The number of rotatable bonds is 9. The number of hydrogen-bond donors (Lipinski definition) is 0. The topological polar surface area (TPSA) is 105 Å². The van der Waals surface area contributed by atoms with Gasteiger partial charge in [-0.3, -0.25) is 4.79 Å². The molecule has 3 aliphatic rings. The zero-order chi connectivity index (χ0) is 27.0. The highest BCUT2D eigenvalue weighted by molar-refractivity contribution is 7.89. The van der Waals surface area contributed by atoms with Crippen molar-refractivity contribution < 1.29 is 27.1 Å². The summed E-state index contributed by atoms with van der Waals surface area (Å²) in [5.74, 6) is 1.63. The lowest BCUT2D eigenvalue weighted by molar-refractivity contribution is 0.0394. The molecule has 0 atom stereocenters. The summed E-state index contributed by atoms with van der Waals surface area (Å²) in [6.45, 7) is 5.64. The molecule has 1 saturated carbocycles. The van der Waals surface area contributed by atoms with E-state index in [0.717, 1.165) is 44.4 Å². The molecule has 0 spiro atoms. The van der Waals surface area contributed by atoms with Gasteiger partial charge in [-0.15, -0.1) is 0 Å². The molecule has 11 heteroatoms. The number of carbonyl (C=O) groups is 1. The van der Waals surface area contributed by atoms with Crippen LogP contribution in [-0.4, -0.2) is 79.4 Å². The van der Waals surface area contributed by atoms with Crippen molar-refractivity contribution in [2.75, 3.05) is 33.8 Å². The Morgan fingerprint density at radius 1 is 1.13 bits per heavy atom. The molecule has 3 heterocycles. The lowest BCUT2D eigenvalue weighted by atomic mass is 10.1. The average Bonchev–Trinajstić information content (AvgIpc) is 3.46. The summed E-state index contributed by atoms with van der Waals surface area (Å²) in [5.41, 5.74) is 1.45. The maximum absolute atomic E-state index is 13.7. The Morgan fingerprint density at radius 2 is 1.82 bits per heavy atom. The smallest absolute Gasteiger partial charge is 0.275 e. The minimum absolute atomic E-state index is 0.0232. The number of benzene rings is 1. The third-order valence-electron chi connectivity index (χ3n) is 7.37. The normalized spacial score (nSPS) is 18.7. The van der Waals surface area contributed by atoms with Crippen LogP contribution in [0.1, 0.15) is 59.6 Å². The quantitative estimate of drug-likeness (QED) is 0.473. The Bertz CT molecular complexity index is 1300. The molecule has 206 valence electrons. The van der Waals surface area contributed by atoms with Gasteiger partial charge in [-0.1, -0.05) is 0 Å². The molecule has 0 N–H and O–H groups in total. The first-order valence-corrected chi connectivity index (χ1v) is 14.6. The summed E-state index contributed by atoms with van der Waals surface area (Å²) in [7, 11) is -0.222. The van der Waals surface area contributed by atoms with Crippen molar-refractivity contribution >= 4 is 15.9 Å². The first kappa shape index (κ1) is 26.6. The average molecular weight is 545 g/mol. The zero-order valence-electron chi connectivity index (χ0n) is 22.5. The SMILES string of the molecule is COc1cc(C)c(S(=O)(=O)N(Cc2nc(C(=O)N3CCC(OC4=CN(C)CC4)CC3)co2)C2CC2)c(C)c1. The van der Waals surface area contributed by atoms with Crippen LogP contribution in [0, 0.1) is 13.8 Å². The van der Waals surface area contributed by atoms with E-state index >= 15 is 0 Å². The van der Waals surface area contributed by atoms with E-state index in [2.05, 4.69) is 9.88 Å². The number of amides is 1. The first-order valence-electron chi connectivity index (χ1n) is 13.1. The van der Waals surface area contributed by atoms with Crippen LogP contribution in [0.25, 0.3) is 0 Å². The highest BCUT2D eigenvalue weighted by Crippen LogP contribution is 2.36. The van der Waals surface area contributed by atoms with Gasteiger partial charge in [0.2, 0.25) is 15.9 Å². The molecule has 0 radical (unpaired) electrons. The first-order chi connectivity index (χ1) is 18.2. The van der Waals surface area contributed by atoms with Gasteiger partial charge in [-0.2, -0.15) is 4.31 Å². The van der Waals surface area contributed by atoms with Gasteiger partial charge in [0.05, 0.1) is 18.6 Å². The monoisotopic (exact) mass is 544 g/mol. The Kier molecular flexibility index (Phi) is 7.41. The largest absolute Gasteiger partial charge is 0.497 e. The number of aryl methyl sites for hydroxylation is 2. The molecule has 2 aromatic rings. The molecular weight excluding hydrogens is 508 g/mol. The number of likely N-dealkylation sites (tertiary alicyclic amines) is 1. The van der Waals surface area contributed by atoms with Crippen LogP contribution in [0.15, 0.2) is 39.7 Å². The third-order valence-corrected chi connectivity index (χ3v) is 9.58. The van der Waals surface area contributed by atoms with Crippen LogP contribution in [0.5, 0.6) is 5.75 Å². The standard InChI is InChI=1S/C27H36N4O6S/c1-18-13-23(35-4)14-19(2)26(18)38(33,34)31(20-5-6-20)16-25-28-24(17-36-25)27(32)30-11-8-21(9-12-30)37-22-7-10-29(3)15-22/h13-15,17,20-21H,5-12,16H2,1-4H3. The van der Waals surface area contributed by atoms with Gasteiger partial charge in [-0.25, -0.2) is 13.4 Å². The number of ether oxygens (including phenoxy) is 2. The number of aromatic nitrogens is 1. The van der Waals surface area contributed by atoms with Crippen LogP contribution in [0.4, 0.5) is 0 Å². The molecule has 10 nitrogen and oxygen atoms in total. The summed E-state index contributed by atoms with van der Waals surface area (Å²) in [6, 6.07) is 3.34. The van der Waals surface area contributed by atoms with Crippen molar-refractivity contribution in [3.63, 3.8) is 0 Å². The van der Waals surface area contributed by atoms with E-state index < -0.39 is 10.0 Å². The van der Waals surface area contributed by atoms with E-state index in [1.54, 1.807) is 38.0 Å². The van der Waals surface area contributed by atoms with Crippen LogP contribution in [0.3, 0.4) is 0 Å². The summed E-state index contributed by atoms with van der Waals surface area (Å²) in [6.07, 6.45) is 7.47. The highest BCUT2D eigenvalue weighted by atomic mass is 32.2. The predicted molar refractivity (Wildman–Crippen MR) is 140 cm³/mol. The maximum atomic E-state index is 13.7. The number of piperidine rings is 1. The number of methoxy groups -OCH3 is 1. The Balaban J connectivity index is 1.24. The van der Waals surface area contributed by atoms with Gasteiger partial charge in [0.1, 0.15) is 23.9 Å². The van der Waals surface area contributed by atoms with Crippen LogP contribution >= 0.6 is 0 Å². The summed E-state index contributed by atoms with van der Waals surface area (Å²) in [4.78, 5) is 21.7. The number of hydrogen-bond acceptors (Lipinski definition) is 8. The van der Waals surface area contributed by atoms with E-state index in [0.29, 0.717) is 30.0 Å². The minimum Gasteiger partial charge on any atom is -0.497 e. The van der Waals surface area contributed by atoms with Crippen LogP contribution in [0.2, 0.25) is 0 Å². The van der Waals surface area contributed by atoms with Crippen molar-refractivity contribution in [3.8, 4) is 5.75 Å². The number of nitrogens with zero attached hydrogens (tertiary/aromatic N) is 4. The van der Waals surface area contributed by atoms with Crippen molar-refractivity contribution in [1.29, 1.82) is 0 Å². The van der Waals surface area contributed by atoms with Gasteiger partial charge in [-0.05, 0) is 49.9 Å². The minimum atomic E-state index is -3.81. The fourth-order valence-electron chi connectivity index (χ4n) is 5.24. The fourth-order valence-corrected chi connectivity index (χ4v) is 7.29. The molecule has 1 amide bonds. The second-order valence-corrected chi connectivity index (χ2v) is 12.3. The lowest BCUT2D eigenvalue weighted by Gasteiger charge is -2.31. The summed E-state index contributed by atoms with van der Waals surface area (Å²) >= 11 is 0. The Morgan fingerprint density at radius 3 is 2.39 bits per heavy atom. The molecular formula is C27H36N4O6S. The fraction of sp³-hybridized carbons (Fsp3) is 0.556. The van der Waals surface area contributed by atoms with Crippen LogP contribution in [-0.2, 0) is 21.3 Å². The molecule has 2 fully saturated rings. The van der Waals surface area contributed by atoms with E-state index in [1.165, 1.54) is 10.6 Å². The molecule has 2 aliphatic heterocycles. The zero-order valence-corrected chi connectivity index (χ0v) is 23.3. The van der Waals surface area contributed by atoms with E-state index in [-0.39, 0.29) is 41.1 Å². The van der Waals surface area contributed by atoms with E-state index in [9.17, 15) is 13.2 Å². The maximum Gasteiger partial charge on any atom is 0.275 e. The molecule has 0 unspecified atom stereocenters. The molecule has 5 rings (SSSR count). The molecule has 1 aromatic carbocycles. The highest BCUT2D eigenvalue weighted by Gasteiger charge is 2.40. The van der Waals surface area contributed by atoms with Gasteiger partial charge < -0.3 is 23.7 Å². The van der Waals surface area contributed by atoms with Crippen molar-refractivity contribution in [3.05, 3.63) is 53.1 Å². The van der Waals surface area contributed by atoms with E-state index in [1.807, 2.05) is 13.2 Å². The van der Waals surface area contributed by atoms with E-state index in [4.69, 9.17) is 13.9 Å². The molecule has 38 heavy (non-hydrogen) atoms. The number of sulfonamides is 1. The Labute approximate surface area is 224 Å². The lowest BCUT2D eigenvalue weighted by Crippen LogP contribution is -2.41. The number of oxazole rings is 1. The second kappa shape index (κ2) is 10.6. The van der Waals surface area contributed by atoms with Crippen LogP contribution < -0.4 is 4.74 Å². The van der Waals surface area contributed by atoms with Crippen molar-refractivity contribution in [2.45, 2.75) is 69.5 Å². The van der Waals surface area contributed by atoms with Gasteiger partial charge >= 0.3 is 0 Å². The van der Waals surface area contributed by atoms with Crippen molar-refractivity contribution in [1.82, 2.24) is 19.1 Å². The summed E-state index contributed by atoms with van der Waals surface area (Å²) < 4.78 is 45.9. The Hall–Kier alpha value is -3.05.